The van der Waals surface area contributed by atoms with Crippen molar-refractivity contribution in [2.24, 2.45) is 0 Å². The van der Waals surface area contributed by atoms with Gasteiger partial charge in [-0.05, 0) is 37.1 Å². The van der Waals surface area contributed by atoms with Crippen LogP contribution in [-0.4, -0.2) is 47.2 Å². The van der Waals surface area contributed by atoms with Crippen LogP contribution in [0.2, 0.25) is 0 Å². The minimum atomic E-state index is -0.605. The molecule has 0 aliphatic carbocycles. The number of ether oxygens (including phenoxy) is 2. The van der Waals surface area contributed by atoms with Gasteiger partial charge in [-0.1, -0.05) is 25.5 Å². The molecule has 0 saturated heterocycles. The molecule has 1 aromatic heterocycles. The Morgan fingerprint density at radius 3 is 2.58 bits per heavy atom. The van der Waals surface area contributed by atoms with Crippen molar-refractivity contribution in [3.8, 4) is 5.75 Å². The average molecular weight is 359 g/mol. The molecule has 0 aliphatic heterocycles. The number of rotatable bonds is 9. The summed E-state index contributed by atoms with van der Waals surface area (Å²) in [4.78, 5) is 25.6. The van der Waals surface area contributed by atoms with Crippen molar-refractivity contribution >= 4 is 11.9 Å². The van der Waals surface area contributed by atoms with Gasteiger partial charge in [0, 0.05) is 19.3 Å². The summed E-state index contributed by atoms with van der Waals surface area (Å²) in [5.74, 6) is -0.0939. The summed E-state index contributed by atoms with van der Waals surface area (Å²) >= 11 is 0. The Kier molecular flexibility index (Phi) is 7.20. The van der Waals surface area contributed by atoms with E-state index in [1.165, 1.54) is 4.90 Å². The normalized spacial score (nSPS) is 10.4. The fraction of sp³-hybridized carbons (Fsp3) is 0.421. The van der Waals surface area contributed by atoms with E-state index in [1.807, 2.05) is 38.1 Å². The summed E-state index contributed by atoms with van der Waals surface area (Å²) in [6, 6.07) is 9.19. The molecule has 0 fully saturated rings. The quantitative estimate of drug-likeness (QED) is 0.696. The van der Waals surface area contributed by atoms with E-state index >= 15 is 0 Å². The van der Waals surface area contributed by atoms with Crippen LogP contribution in [0.3, 0.4) is 0 Å². The number of aromatic nitrogens is 2. The van der Waals surface area contributed by atoms with Crippen LogP contribution in [0.4, 0.5) is 0 Å². The van der Waals surface area contributed by atoms with Gasteiger partial charge in [0.2, 0.25) is 0 Å². The molecule has 7 heteroatoms. The highest BCUT2D eigenvalue weighted by atomic mass is 16.5. The topological polar surface area (TPSA) is 84.5 Å². The molecule has 0 atom stereocenters. The SMILES string of the molecule is CCCc1cc(C(=O)OCC(=O)N(C)Cc2ccc(OCC)cc2)n[nH]1. The van der Waals surface area contributed by atoms with Crippen molar-refractivity contribution < 1.29 is 19.1 Å². The minimum Gasteiger partial charge on any atom is -0.494 e. The van der Waals surface area contributed by atoms with Gasteiger partial charge in [-0.3, -0.25) is 9.89 Å². The third kappa shape index (κ3) is 5.61. The molecule has 140 valence electrons. The predicted octanol–water partition coefficient (Wildman–Crippen LogP) is 2.58. The van der Waals surface area contributed by atoms with Crippen LogP contribution in [0.1, 0.15) is 42.0 Å². The number of benzene rings is 1. The van der Waals surface area contributed by atoms with E-state index in [2.05, 4.69) is 10.2 Å². The first-order valence-electron chi connectivity index (χ1n) is 8.70. The zero-order valence-electron chi connectivity index (χ0n) is 15.4. The Morgan fingerprint density at radius 2 is 1.92 bits per heavy atom. The van der Waals surface area contributed by atoms with Crippen molar-refractivity contribution in [1.29, 1.82) is 0 Å². The van der Waals surface area contributed by atoms with Crippen LogP contribution in [0.25, 0.3) is 0 Å². The Morgan fingerprint density at radius 1 is 1.19 bits per heavy atom. The second-order valence-electron chi connectivity index (χ2n) is 5.93. The lowest BCUT2D eigenvalue weighted by molar-refractivity contribution is -0.133. The van der Waals surface area contributed by atoms with Crippen molar-refractivity contribution in [1.82, 2.24) is 15.1 Å². The number of hydrogen-bond acceptors (Lipinski definition) is 5. The highest BCUT2D eigenvalue weighted by Gasteiger charge is 2.16. The lowest BCUT2D eigenvalue weighted by Crippen LogP contribution is -2.30. The van der Waals surface area contributed by atoms with E-state index in [4.69, 9.17) is 9.47 Å². The van der Waals surface area contributed by atoms with E-state index in [1.54, 1.807) is 13.1 Å². The number of nitrogens with zero attached hydrogens (tertiary/aromatic N) is 2. The molecule has 26 heavy (non-hydrogen) atoms. The summed E-state index contributed by atoms with van der Waals surface area (Å²) in [6.07, 6.45) is 1.76. The number of carbonyl (C=O) groups excluding carboxylic acids is 2. The maximum Gasteiger partial charge on any atom is 0.359 e. The third-order valence-corrected chi connectivity index (χ3v) is 3.77. The fourth-order valence-electron chi connectivity index (χ4n) is 2.39. The number of amides is 1. The molecule has 2 rings (SSSR count). The van der Waals surface area contributed by atoms with Gasteiger partial charge >= 0.3 is 5.97 Å². The molecule has 0 saturated carbocycles. The number of aromatic amines is 1. The van der Waals surface area contributed by atoms with E-state index in [0.717, 1.165) is 29.8 Å². The second kappa shape index (κ2) is 9.60. The molecule has 1 N–H and O–H groups in total. The number of esters is 1. The molecule has 1 amide bonds. The monoisotopic (exact) mass is 359 g/mol. The minimum absolute atomic E-state index is 0.190. The number of H-pyrrole nitrogens is 1. The standard InChI is InChI=1S/C19H25N3O4/c1-4-6-15-11-17(21-20-15)19(24)26-13-18(23)22(3)12-14-7-9-16(10-8-14)25-5-2/h7-11H,4-6,12-13H2,1-3H3,(H,20,21). The molecule has 0 bridgehead atoms. The van der Waals surface area contributed by atoms with Crippen molar-refractivity contribution in [3.05, 3.63) is 47.3 Å². The van der Waals surface area contributed by atoms with Gasteiger partial charge in [-0.15, -0.1) is 0 Å². The summed E-state index contributed by atoms with van der Waals surface area (Å²) < 4.78 is 10.4. The number of hydrogen-bond donors (Lipinski definition) is 1. The smallest absolute Gasteiger partial charge is 0.359 e. The highest BCUT2D eigenvalue weighted by molar-refractivity contribution is 5.89. The zero-order chi connectivity index (χ0) is 18.9. The van der Waals surface area contributed by atoms with Gasteiger partial charge in [0.1, 0.15) is 5.75 Å². The molecule has 0 radical (unpaired) electrons. The Labute approximate surface area is 153 Å². The fourth-order valence-corrected chi connectivity index (χ4v) is 2.39. The lowest BCUT2D eigenvalue weighted by atomic mass is 10.2. The van der Waals surface area contributed by atoms with Crippen LogP contribution in [0.5, 0.6) is 5.75 Å². The highest BCUT2D eigenvalue weighted by Crippen LogP contribution is 2.13. The third-order valence-electron chi connectivity index (χ3n) is 3.77. The predicted molar refractivity (Wildman–Crippen MR) is 97.0 cm³/mol. The van der Waals surface area contributed by atoms with Crippen LogP contribution in [0, 0.1) is 0 Å². The molecule has 2 aromatic rings. The zero-order valence-corrected chi connectivity index (χ0v) is 15.4. The van der Waals surface area contributed by atoms with E-state index in [9.17, 15) is 9.59 Å². The molecule has 0 aliphatic rings. The molecule has 0 unspecified atom stereocenters. The lowest BCUT2D eigenvalue weighted by Gasteiger charge is -2.17. The van der Waals surface area contributed by atoms with E-state index < -0.39 is 5.97 Å². The maximum atomic E-state index is 12.2. The summed E-state index contributed by atoms with van der Waals surface area (Å²) in [5, 5.41) is 6.70. The van der Waals surface area contributed by atoms with Gasteiger partial charge in [0.15, 0.2) is 12.3 Å². The number of carbonyl (C=O) groups is 2. The van der Waals surface area contributed by atoms with Crippen LogP contribution < -0.4 is 4.74 Å². The van der Waals surface area contributed by atoms with Gasteiger partial charge in [0.25, 0.3) is 5.91 Å². The van der Waals surface area contributed by atoms with Crippen LogP contribution in [0.15, 0.2) is 30.3 Å². The van der Waals surface area contributed by atoms with Gasteiger partial charge in [0.05, 0.1) is 6.61 Å². The molecule has 7 nitrogen and oxygen atoms in total. The molecular weight excluding hydrogens is 334 g/mol. The number of nitrogens with one attached hydrogen (secondary N) is 1. The van der Waals surface area contributed by atoms with Crippen LogP contribution >= 0.6 is 0 Å². The molecule has 1 aromatic carbocycles. The first kappa shape index (κ1) is 19.5. The number of aryl methyl sites for hydroxylation is 1. The Bertz CT molecular complexity index is 725. The summed E-state index contributed by atoms with van der Waals surface area (Å²) in [6.45, 7) is 4.68. The first-order chi connectivity index (χ1) is 12.5. The van der Waals surface area contributed by atoms with Crippen molar-refractivity contribution in [2.75, 3.05) is 20.3 Å². The molecule has 1 heterocycles. The first-order valence-corrected chi connectivity index (χ1v) is 8.70. The summed E-state index contributed by atoms with van der Waals surface area (Å²) in [7, 11) is 1.67. The number of likely N-dealkylation sites (N-methyl/N-ethyl adjacent to an activating group) is 1. The van der Waals surface area contributed by atoms with Gasteiger partial charge in [-0.25, -0.2) is 4.79 Å². The largest absolute Gasteiger partial charge is 0.494 e. The summed E-state index contributed by atoms with van der Waals surface area (Å²) in [5.41, 5.74) is 2.03. The molecular formula is C19H25N3O4. The Hall–Kier alpha value is -2.83. The van der Waals surface area contributed by atoms with Crippen LogP contribution in [-0.2, 0) is 22.5 Å². The molecule has 0 spiro atoms. The van der Waals surface area contributed by atoms with Crippen molar-refractivity contribution in [2.45, 2.75) is 33.2 Å². The average Bonchev–Trinajstić information content (AvgIpc) is 3.10. The van der Waals surface area contributed by atoms with E-state index in [-0.39, 0.29) is 18.2 Å². The van der Waals surface area contributed by atoms with Gasteiger partial charge < -0.3 is 14.4 Å². The second-order valence-corrected chi connectivity index (χ2v) is 5.93. The van der Waals surface area contributed by atoms with Crippen molar-refractivity contribution in [3.63, 3.8) is 0 Å². The van der Waals surface area contributed by atoms with E-state index in [0.29, 0.717) is 13.2 Å². The van der Waals surface area contributed by atoms with Gasteiger partial charge in [-0.2, -0.15) is 5.10 Å². The maximum absolute atomic E-state index is 12.2. The Balaban J connectivity index is 1.81.